The first-order valence-electron chi connectivity index (χ1n) is 2.52. The molecule has 0 radical (unpaired) electrons. The Morgan fingerprint density at radius 1 is 1.71 bits per heavy atom. The number of hydrogen-bond donors (Lipinski definition) is 0. The van der Waals surface area contributed by atoms with Gasteiger partial charge in [-0.2, -0.15) is 0 Å². The van der Waals surface area contributed by atoms with Gasteiger partial charge < -0.3 is 4.74 Å². The maximum Gasteiger partial charge on any atom is 0.0468 e. The van der Waals surface area contributed by atoms with Gasteiger partial charge in [-0.25, -0.2) is 0 Å². The molecule has 1 nitrogen and oxygen atoms in total. The predicted molar refractivity (Wildman–Crippen MR) is 35.7 cm³/mol. The summed E-state index contributed by atoms with van der Waals surface area (Å²) in [5, 5.41) is 0. The van der Waals surface area contributed by atoms with Gasteiger partial charge in [-0.3, -0.25) is 0 Å². The van der Waals surface area contributed by atoms with Crippen LogP contribution in [0.25, 0.3) is 0 Å². The summed E-state index contributed by atoms with van der Waals surface area (Å²) in [6, 6.07) is 0. The van der Waals surface area contributed by atoms with Crippen LogP contribution in [-0.2, 0) is 4.74 Å². The van der Waals surface area contributed by atoms with Crippen molar-refractivity contribution in [3.63, 3.8) is 0 Å². The smallest absolute Gasteiger partial charge is 0.0468 e. The van der Waals surface area contributed by atoms with Gasteiger partial charge in [0.2, 0.25) is 0 Å². The summed E-state index contributed by atoms with van der Waals surface area (Å²) >= 11 is 0. The van der Waals surface area contributed by atoms with E-state index in [2.05, 4.69) is 16.2 Å². The van der Waals surface area contributed by atoms with E-state index in [4.69, 9.17) is 4.74 Å². The maximum atomic E-state index is 4.84. The van der Waals surface area contributed by atoms with Crippen molar-refractivity contribution in [2.24, 2.45) is 0 Å². The summed E-state index contributed by atoms with van der Waals surface area (Å²) < 4.78 is 4.84. The topological polar surface area (TPSA) is 9.23 Å². The van der Waals surface area contributed by atoms with Gasteiger partial charge in [-0.15, -0.1) is 9.24 Å². The van der Waals surface area contributed by atoms with Crippen LogP contribution < -0.4 is 0 Å². The molecule has 0 heterocycles. The Bertz CT molecular complexity index is 37.1. The van der Waals surface area contributed by atoms with Gasteiger partial charge in [0.25, 0.3) is 0 Å². The first-order chi connectivity index (χ1) is 3.27. The zero-order valence-electron chi connectivity index (χ0n) is 4.98. The molecule has 0 saturated heterocycles. The fourth-order valence-electron chi connectivity index (χ4n) is 0.304. The van der Waals surface area contributed by atoms with Crippen LogP contribution in [0, 0.1) is 0 Å². The van der Waals surface area contributed by atoms with Gasteiger partial charge in [0.15, 0.2) is 0 Å². The number of rotatable bonds is 3. The minimum Gasteiger partial charge on any atom is -0.385 e. The van der Waals surface area contributed by atoms with E-state index in [-0.39, 0.29) is 0 Å². The molecule has 44 valence electrons. The first kappa shape index (κ1) is 7.39. The molecule has 2 heteroatoms. The van der Waals surface area contributed by atoms with Crippen molar-refractivity contribution in [1.29, 1.82) is 0 Å². The van der Waals surface area contributed by atoms with Crippen molar-refractivity contribution in [3.05, 3.63) is 0 Å². The third-order valence-corrected chi connectivity index (χ3v) is 1.11. The summed E-state index contributed by atoms with van der Waals surface area (Å²) in [6.45, 7) is 3.04. The molecule has 2 unspecified atom stereocenters. The molecule has 0 aliphatic carbocycles. The first-order valence-corrected chi connectivity index (χ1v) is 3.18. The van der Waals surface area contributed by atoms with Gasteiger partial charge in [0.05, 0.1) is 0 Å². The lowest BCUT2D eigenvalue weighted by Crippen LogP contribution is -1.95. The second-order valence-corrected chi connectivity index (χ2v) is 2.90. The average Bonchev–Trinajstić information content (AvgIpc) is 1.61. The summed E-state index contributed by atoms with van der Waals surface area (Å²) in [5.41, 5.74) is 0.694. The number of hydrogen-bond acceptors (Lipinski definition) is 1. The lowest BCUT2D eigenvalue weighted by molar-refractivity contribution is 0.195. The third kappa shape index (κ3) is 6.39. The maximum absolute atomic E-state index is 4.84. The molecule has 0 aromatic carbocycles. The zero-order valence-corrected chi connectivity index (χ0v) is 6.13. The Balaban J connectivity index is 2.68. The second kappa shape index (κ2) is 4.55. The molecule has 0 saturated carbocycles. The monoisotopic (exact) mass is 120 g/mol. The highest BCUT2D eigenvalue weighted by Gasteiger charge is 1.89. The fraction of sp³-hybridized carbons (Fsp3) is 1.00. The van der Waals surface area contributed by atoms with Crippen molar-refractivity contribution in [1.82, 2.24) is 0 Å². The Hall–Kier alpha value is 0.390. The summed E-state index contributed by atoms with van der Waals surface area (Å²) in [7, 11) is 4.46. The number of methoxy groups -OCH3 is 1. The average molecular weight is 120 g/mol. The van der Waals surface area contributed by atoms with Gasteiger partial charge in [-0.05, 0) is 12.1 Å². The molecular formula is C5H13OP. The molecule has 0 aliphatic heterocycles. The van der Waals surface area contributed by atoms with Crippen molar-refractivity contribution in [2.75, 3.05) is 13.7 Å². The van der Waals surface area contributed by atoms with Gasteiger partial charge in [0.1, 0.15) is 0 Å². The molecule has 0 N–H and O–H groups in total. The Morgan fingerprint density at radius 3 is 2.43 bits per heavy atom. The number of ether oxygens (including phenoxy) is 1. The summed E-state index contributed by atoms with van der Waals surface area (Å²) in [6.07, 6.45) is 1.14. The van der Waals surface area contributed by atoms with Crippen molar-refractivity contribution < 1.29 is 4.74 Å². The van der Waals surface area contributed by atoms with Gasteiger partial charge in [-0.1, -0.05) is 6.92 Å². The summed E-state index contributed by atoms with van der Waals surface area (Å²) in [4.78, 5) is 0. The molecule has 0 aliphatic rings. The van der Waals surface area contributed by atoms with Crippen LogP contribution in [0.5, 0.6) is 0 Å². The van der Waals surface area contributed by atoms with E-state index in [0.717, 1.165) is 13.0 Å². The highest BCUT2D eigenvalue weighted by molar-refractivity contribution is 7.17. The van der Waals surface area contributed by atoms with Crippen molar-refractivity contribution in [3.8, 4) is 0 Å². The Kier molecular flexibility index (Phi) is 4.80. The molecule has 0 fully saturated rings. The van der Waals surface area contributed by atoms with Crippen LogP contribution >= 0.6 is 9.24 Å². The van der Waals surface area contributed by atoms with Crippen LogP contribution in [0.4, 0.5) is 0 Å². The lowest BCUT2D eigenvalue weighted by atomic mass is 10.3. The molecule has 0 bridgehead atoms. The van der Waals surface area contributed by atoms with Gasteiger partial charge >= 0.3 is 0 Å². The minimum absolute atomic E-state index is 0.694. The standard InChI is InChI=1S/C5H13OP/c1-5(7)3-4-6-2/h5H,3-4,7H2,1-2H3. The highest BCUT2D eigenvalue weighted by atomic mass is 31.0. The van der Waals surface area contributed by atoms with E-state index in [1.807, 2.05) is 0 Å². The molecule has 0 aromatic rings. The fourth-order valence-corrected chi connectivity index (χ4v) is 0.440. The second-order valence-electron chi connectivity index (χ2n) is 1.76. The van der Waals surface area contributed by atoms with E-state index in [9.17, 15) is 0 Å². The van der Waals surface area contributed by atoms with Crippen LogP contribution in [0.15, 0.2) is 0 Å². The normalized spacial score (nSPS) is 14.1. The molecule has 2 atom stereocenters. The van der Waals surface area contributed by atoms with Crippen molar-refractivity contribution in [2.45, 2.75) is 19.0 Å². The van der Waals surface area contributed by atoms with Gasteiger partial charge in [0, 0.05) is 13.7 Å². The van der Waals surface area contributed by atoms with E-state index in [0.29, 0.717) is 5.66 Å². The minimum atomic E-state index is 0.694. The highest BCUT2D eigenvalue weighted by Crippen LogP contribution is 2.01. The Morgan fingerprint density at radius 2 is 2.29 bits per heavy atom. The van der Waals surface area contributed by atoms with Crippen LogP contribution in [0.1, 0.15) is 13.3 Å². The molecule has 0 aromatic heterocycles. The molecule has 0 rings (SSSR count). The molecule has 0 amide bonds. The van der Waals surface area contributed by atoms with Crippen LogP contribution in [0.3, 0.4) is 0 Å². The van der Waals surface area contributed by atoms with Crippen LogP contribution in [-0.4, -0.2) is 19.4 Å². The van der Waals surface area contributed by atoms with Crippen molar-refractivity contribution >= 4 is 9.24 Å². The SMILES string of the molecule is COCCC(C)P. The van der Waals surface area contributed by atoms with E-state index in [1.165, 1.54) is 0 Å². The largest absolute Gasteiger partial charge is 0.385 e. The molecular weight excluding hydrogens is 107 g/mol. The van der Waals surface area contributed by atoms with E-state index >= 15 is 0 Å². The van der Waals surface area contributed by atoms with E-state index in [1.54, 1.807) is 7.11 Å². The predicted octanol–water partition coefficient (Wildman–Crippen LogP) is 1.29. The van der Waals surface area contributed by atoms with Crippen LogP contribution in [0.2, 0.25) is 0 Å². The Labute approximate surface area is 47.6 Å². The molecule has 7 heavy (non-hydrogen) atoms. The quantitative estimate of drug-likeness (QED) is 0.510. The zero-order chi connectivity index (χ0) is 5.70. The van der Waals surface area contributed by atoms with E-state index < -0.39 is 0 Å². The molecule has 0 spiro atoms. The summed E-state index contributed by atoms with van der Waals surface area (Å²) in [5.74, 6) is 0. The third-order valence-electron chi connectivity index (χ3n) is 0.777. The lowest BCUT2D eigenvalue weighted by Gasteiger charge is -1.99.